The van der Waals surface area contributed by atoms with E-state index in [1.54, 1.807) is 24.6 Å². The van der Waals surface area contributed by atoms with E-state index in [4.69, 9.17) is 14.7 Å². The van der Waals surface area contributed by atoms with Gasteiger partial charge in [-0.05, 0) is 35.2 Å². The Morgan fingerprint density at radius 3 is 2.84 bits per heavy atom. The van der Waals surface area contributed by atoms with Crippen LogP contribution in [0.5, 0.6) is 5.88 Å². The first-order valence-electron chi connectivity index (χ1n) is 7.87. The van der Waals surface area contributed by atoms with Crippen LogP contribution in [0.2, 0.25) is 0 Å². The predicted octanol–water partition coefficient (Wildman–Crippen LogP) is 4.37. The standard InChI is InChI=1S/C19H16N4OS/c1-24-17-11-13(8-9-20-17)12-21-18-14-5-2-3-6-15(14)22-19(23-18)16-7-4-10-25-16/h2-11H,12H2,1H3,(H,21,22,23). The maximum Gasteiger partial charge on any atom is 0.213 e. The zero-order valence-corrected chi connectivity index (χ0v) is 14.5. The van der Waals surface area contributed by atoms with Gasteiger partial charge in [-0.25, -0.2) is 15.0 Å². The molecule has 0 aliphatic carbocycles. The molecule has 0 amide bonds. The number of hydrogen-bond acceptors (Lipinski definition) is 6. The topological polar surface area (TPSA) is 59.9 Å². The molecule has 0 saturated carbocycles. The molecule has 4 aromatic rings. The first-order valence-corrected chi connectivity index (χ1v) is 8.75. The summed E-state index contributed by atoms with van der Waals surface area (Å²) >= 11 is 1.64. The average molecular weight is 348 g/mol. The lowest BCUT2D eigenvalue weighted by molar-refractivity contribution is 0.397. The summed E-state index contributed by atoms with van der Waals surface area (Å²) < 4.78 is 5.18. The van der Waals surface area contributed by atoms with Gasteiger partial charge in [0, 0.05) is 24.2 Å². The minimum absolute atomic E-state index is 0.603. The first kappa shape index (κ1) is 15.5. The van der Waals surface area contributed by atoms with E-state index in [-0.39, 0.29) is 0 Å². The Bertz CT molecular complexity index is 1000. The van der Waals surface area contributed by atoms with Gasteiger partial charge in [-0.2, -0.15) is 0 Å². The highest BCUT2D eigenvalue weighted by atomic mass is 32.1. The molecule has 6 heteroatoms. The molecule has 0 saturated heterocycles. The highest BCUT2D eigenvalue weighted by molar-refractivity contribution is 7.13. The lowest BCUT2D eigenvalue weighted by Crippen LogP contribution is -2.04. The number of aromatic nitrogens is 3. The van der Waals surface area contributed by atoms with Crippen LogP contribution in [0, 0.1) is 0 Å². The zero-order valence-electron chi connectivity index (χ0n) is 13.6. The Morgan fingerprint density at radius 2 is 2.00 bits per heavy atom. The number of rotatable bonds is 5. The molecule has 25 heavy (non-hydrogen) atoms. The fraction of sp³-hybridized carbons (Fsp3) is 0.105. The number of nitrogens with zero attached hydrogens (tertiary/aromatic N) is 3. The van der Waals surface area contributed by atoms with Crippen LogP contribution in [0.15, 0.2) is 60.1 Å². The molecule has 0 spiro atoms. The second kappa shape index (κ2) is 6.86. The van der Waals surface area contributed by atoms with Crippen molar-refractivity contribution < 1.29 is 4.74 Å². The van der Waals surface area contributed by atoms with Gasteiger partial charge in [0.25, 0.3) is 0 Å². The number of pyridine rings is 1. The highest BCUT2D eigenvalue weighted by Gasteiger charge is 2.10. The Balaban J connectivity index is 1.70. The van der Waals surface area contributed by atoms with Gasteiger partial charge in [-0.3, -0.25) is 0 Å². The van der Waals surface area contributed by atoms with Crippen molar-refractivity contribution in [1.29, 1.82) is 0 Å². The van der Waals surface area contributed by atoms with E-state index in [2.05, 4.69) is 10.3 Å². The van der Waals surface area contributed by atoms with Gasteiger partial charge in [-0.1, -0.05) is 18.2 Å². The zero-order chi connectivity index (χ0) is 17.1. The third-order valence-electron chi connectivity index (χ3n) is 3.81. The van der Waals surface area contributed by atoms with Gasteiger partial charge in [0.15, 0.2) is 5.82 Å². The summed E-state index contributed by atoms with van der Waals surface area (Å²) in [5.41, 5.74) is 2.00. The number of nitrogens with one attached hydrogen (secondary N) is 1. The number of hydrogen-bond donors (Lipinski definition) is 1. The molecule has 0 aliphatic heterocycles. The maximum atomic E-state index is 5.18. The lowest BCUT2D eigenvalue weighted by atomic mass is 10.2. The van der Waals surface area contributed by atoms with Crippen molar-refractivity contribution in [3.05, 3.63) is 65.7 Å². The number of ether oxygens (including phenoxy) is 1. The van der Waals surface area contributed by atoms with Gasteiger partial charge in [0.2, 0.25) is 5.88 Å². The molecular formula is C19H16N4OS. The van der Waals surface area contributed by atoms with Gasteiger partial charge in [-0.15, -0.1) is 11.3 Å². The van der Waals surface area contributed by atoms with E-state index < -0.39 is 0 Å². The van der Waals surface area contributed by atoms with Gasteiger partial charge >= 0.3 is 0 Å². The minimum atomic E-state index is 0.603. The van der Waals surface area contributed by atoms with Crippen molar-refractivity contribution in [3.8, 4) is 16.6 Å². The molecule has 0 aliphatic rings. The summed E-state index contributed by atoms with van der Waals surface area (Å²) in [5.74, 6) is 2.17. The Kier molecular flexibility index (Phi) is 4.26. The van der Waals surface area contributed by atoms with E-state index in [1.807, 2.05) is 53.9 Å². The van der Waals surface area contributed by atoms with Crippen molar-refractivity contribution in [3.63, 3.8) is 0 Å². The van der Waals surface area contributed by atoms with Crippen LogP contribution < -0.4 is 10.1 Å². The van der Waals surface area contributed by atoms with Crippen molar-refractivity contribution >= 4 is 28.1 Å². The SMILES string of the molecule is COc1cc(CNc2nc(-c3cccs3)nc3ccccc23)ccn1. The largest absolute Gasteiger partial charge is 0.481 e. The second-order valence-electron chi connectivity index (χ2n) is 5.45. The van der Waals surface area contributed by atoms with E-state index in [0.717, 1.165) is 33.0 Å². The van der Waals surface area contributed by atoms with Gasteiger partial charge in [0.1, 0.15) is 5.82 Å². The van der Waals surface area contributed by atoms with Crippen LogP contribution in [0.3, 0.4) is 0 Å². The van der Waals surface area contributed by atoms with E-state index in [9.17, 15) is 0 Å². The number of fused-ring (bicyclic) bond motifs is 1. The van der Waals surface area contributed by atoms with E-state index >= 15 is 0 Å². The molecule has 3 aromatic heterocycles. The minimum Gasteiger partial charge on any atom is -0.481 e. The maximum absolute atomic E-state index is 5.18. The lowest BCUT2D eigenvalue weighted by Gasteiger charge is -2.11. The van der Waals surface area contributed by atoms with Crippen LogP contribution in [0.1, 0.15) is 5.56 Å². The summed E-state index contributed by atoms with van der Waals surface area (Å²) in [6, 6.07) is 15.9. The summed E-state index contributed by atoms with van der Waals surface area (Å²) in [4.78, 5) is 14.6. The Hall–Kier alpha value is -2.99. The quantitative estimate of drug-likeness (QED) is 0.580. The van der Waals surface area contributed by atoms with Crippen LogP contribution in [0.25, 0.3) is 21.6 Å². The van der Waals surface area contributed by atoms with Crippen LogP contribution in [0.4, 0.5) is 5.82 Å². The van der Waals surface area contributed by atoms with Crippen LogP contribution in [-0.4, -0.2) is 22.1 Å². The molecule has 0 fully saturated rings. The number of benzene rings is 1. The average Bonchev–Trinajstić information content (AvgIpc) is 3.21. The number of para-hydroxylation sites is 1. The molecule has 4 rings (SSSR count). The molecule has 5 nitrogen and oxygen atoms in total. The van der Waals surface area contributed by atoms with E-state index in [0.29, 0.717) is 12.4 Å². The van der Waals surface area contributed by atoms with Crippen molar-refractivity contribution in [2.24, 2.45) is 0 Å². The molecule has 0 unspecified atom stereocenters. The molecule has 0 bridgehead atoms. The normalized spacial score (nSPS) is 10.8. The van der Waals surface area contributed by atoms with Crippen LogP contribution in [-0.2, 0) is 6.54 Å². The second-order valence-corrected chi connectivity index (χ2v) is 6.40. The monoisotopic (exact) mass is 348 g/mol. The third-order valence-corrected chi connectivity index (χ3v) is 4.68. The molecule has 0 radical (unpaired) electrons. The summed E-state index contributed by atoms with van der Waals surface area (Å²) in [7, 11) is 1.62. The summed E-state index contributed by atoms with van der Waals surface area (Å²) in [6.45, 7) is 0.629. The van der Waals surface area contributed by atoms with Crippen molar-refractivity contribution in [1.82, 2.24) is 15.0 Å². The Labute approximate surface area is 149 Å². The fourth-order valence-electron chi connectivity index (χ4n) is 2.59. The number of methoxy groups -OCH3 is 1. The van der Waals surface area contributed by atoms with E-state index in [1.165, 1.54) is 0 Å². The van der Waals surface area contributed by atoms with Crippen molar-refractivity contribution in [2.45, 2.75) is 6.54 Å². The predicted molar refractivity (Wildman–Crippen MR) is 101 cm³/mol. The Morgan fingerprint density at radius 1 is 1.08 bits per heavy atom. The molecule has 0 atom stereocenters. The molecular weight excluding hydrogens is 332 g/mol. The summed E-state index contributed by atoms with van der Waals surface area (Å²) in [5, 5.41) is 6.46. The molecule has 1 aromatic carbocycles. The van der Waals surface area contributed by atoms with Gasteiger partial charge in [0.05, 0.1) is 17.5 Å². The first-order chi connectivity index (χ1) is 12.3. The number of anilines is 1. The van der Waals surface area contributed by atoms with Crippen molar-refractivity contribution in [2.75, 3.05) is 12.4 Å². The molecule has 3 heterocycles. The van der Waals surface area contributed by atoms with Gasteiger partial charge < -0.3 is 10.1 Å². The highest BCUT2D eigenvalue weighted by Crippen LogP contribution is 2.27. The molecule has 1 N–H and O–H groups in total. The third kappa shape index (κ3) is 3.29. The summed E-state index contributed by atoms with van der Waals surface area (Å²) in [6.07, 6.45) is 1.74. The fourth-order valence-corrected chi connectivity index (χ4v) is 3.24. The smallest absolute Gasteiger partial charge is 0.213 e. The molecule has 124 valence electrons. The van der Waals surface area contributed by atoms with Crippen LogP contribution >= 0.6 is 11.3 Å². The number of thiophene rings is 1.